The Bertz CT molecular complexity index is 386. The predicted molar refractivity (Wildman–Crippen MR) is 66.5 cm³/mol. The Hall–Kier alpha value is -0.200. The summed E-state index contributed by atoms with van der Waals surface area (Å²) in [4.78, 5) is 11.4. The second kappa shape index (κ2) is 5.63. The Morgan fingerprint density at radius 1 is 1.59 bits per heavy atom. The minimum atomic E-state index is -3.05. The molecular formula is C9H15Cl2NO4S. The van der Waals surface area contributed by atoms with Gasteiger partial charge in [0, 0.05) is 5.88 Å². The Morgan fingerprint density at radius 2 is 2.24 bits per heavy atom. The van der Waals surface area contributed by atoms with Gasteiger partial charge in [0.25, 0.3) is 0 Å². The summed E-state index contributed by atoms with van der Waals surface area (Å²) in [5, 5.41) is 2.11. The lowest BCUT2D eigenvalue weighted by molar-refractivity contribution is 0.137. The van der Waals surface area contributed by atoms with Crippen molar-refractivity contribution in [2.24, 2.45) is 0 Å². The molecule has 1 aliphatic heterocycles. The van der Waals surface area contributed by atoms with Crippen molar-refractivity contribution in [3.63, 3.8) is 0 Å². The molecule has 1 rings (SSSR count). The van der Waals surface area contributed by atoms with Crippen molar-refractivity contribution in [3.05, 3.63) is 0 Å². The fourth-order valence-electron chi connectivity index (χ4n) is 1.60. The van der Waals surface area contributed by atoms with Gasteiger partial charge in [-0.2, -0.15) is 0 Å². The van der Waals surface area contributed by atoms with Gasteiger partial charge in [-0.25, -0.2) is 13.2 Å². The van der Waals surface area contributed by atoms with Gasteiger partial charge in [-0.05, 0) is 13.3 Å². The van der Waals surface area contributed by atoms with E-state index in [1.807, 2.05) is 0 Å². The van der Waals surface area contributed by atoms with E-state index in [1.54, 1.807) is 6.92 Å². The number of carbonyl (C=O) groups is 1. The van der Waals surface area contributed by atoms with Crippen molar-refractivity contribution >= 4 is 39.1 Å². The number of rotatable bonds is 4. The Kier molecular flexibility index (Phi) is 4.92. The van der Waals surface area contributed by atoms with Crippen LogP contribution in [0, 0.1) is 0 Å². The molecule has 0 aromatic carbocycles. The first-order chi connectivity index (χ1) is 7.76. The summed E-state index contributed by atoms with van der Waals surface area (Å²) in [5.74, 6) is 0.207. The summed E-state index contributed by atoms with van der Waals surface area (Å²) in [6, 6.07) is 0. The summed E-state index contributed by atoms with van der Waals surface area (Å²) in [5.41, 5.74) is -0.751. The Morgan fingerprint density at radius 3 is 2.71 bits per heavy atom. The molecule has 1 fully saturated rings. The van der Waals surface area contributed by atoms with E-state index in [4.69, 9.17) is 27.9 Å². The van der Waals surface area contributed by atoms with Crippen LogP contribution in [-0.4, -0.2) is 49.4 Å². The molecule has 2 atom stereocenters. The number of amides is 1. The van der Waals surface area contributed by atoms with Crippen molar-refractivity contribution in [2.45, 2.75) is 24.3 Å². The van der Waals surface area contributed by atoms with Crippen molar-refractivity contribution < 1.29 is 17.9 Å². The number of nitrogens with one attached hydrogen (secondary N) is 1. The molecule has 1 saturated heterocycles. The smallest absolute Gasteiger partial charge is 0.407 e. The number of ether oxygens (including phenoxy) is 1. The van der Waals surface area contributed by atoms with E-state index in [0.717, 1.165) is 0 Å². The van der Waals surface area contributed by atoms with E-state index < -0.39 is 26.8 Å². The molecule has 0 aromatic rings. The molecule has 0 aromatic heterocycles. The van der Waals surface area contributed by atoms with Crippen LogP contribution in [0.15, 0.2) is 0 Å². The largest absolute Gasteiger partial charge is 0.448 e. The van der Waals surface area contributed by atoms with E-state index in [0.29, 0.717) is 6.42 Å². The van der Waals surface area contributed by atoms with Crippen LogP contribution in [0.2, 0.25) is 0 Å². The van der Waals surface area contributed by atoms with Gasteiger partial charge >= 0.3 is 6.09 Å². The molecule has 0 saturated carbocycles. The van der Waals surface area contributed by atoms with Crippen LogP contribution in [0.25, 0.3) is 0 Å². The molecule has 1 amide bonds. The van der Waals surface area contributed by atoms with Gasteiger partial charge in [0.15, 0.2) is 9.84 Å². The van der Waals surface area contributed by atoms with E-state index >= 15 is 0 Å². The van der Waals surface area contributed by atoms with E-state index in [1.165, 1.54) is 0 Å². The molecule has 17 heavy (non-hydrogen) atoms. The molecule has 1 heterocycles. The lowest BCUT2D eigenvalue weighted by Gasteiger charge is -2.23. The summed E-state index contributed by atoms with van der Waals surface area (Å²) in [7, 11) is -3.05. The minimum absolute atomic E-state index is 0.000279. The maximum atomic E-state index is 11.4. The third kappa shape index (κ3) is 4.89. The molecule has 0 spiro atoms. The van der Waals surface area contributed by atoms with Crippen LogP contribution in [0.4, 0.5) is 4.79 Å². The number of alkyl carbamates (subject to hydrolysis) is 1. The predicted octanol–water partition coefficient (Wildman–Crippen LogP) is 1.14. The minimum Gasteiger partial charge on any atom is -0.448 e. The zero-order valence-corrected chi connectivity index (χ0v) is 11.7. The first-order valence-electron chi connectivity index (χ1n) is 5.12. The highest BCUT2D eigenvalue weighted by Crippen LogP contribution is 2.22. The van der Waals surface area contributed by atoms with Crippen molar-refractivity contribution in [1.29, 1.82) is 0 Å². The molecule has 0 bridgehead atoms. The number of carbonyl (C=O) groups excluding carboxylic acids is 1. The van der Waals surface area contributed by atoms with Crippen LogP contribution in [0.1, 0.15) is 13.3 Å². The normalized spacial score (nSPS) is 28.6. The standard InChI is InChI=1S/C9H15Cl2NO4S/c1-9(2-3-17(14,15)6-9)12-8(13)16-5-7(11)4-10/h7H,2-6H2,1H3,(H,12,13)/t7-,9-/m0/s1. The highest BCUT2D eigenvalue weighted by atomic mass is 35.5. The monoisotopic (exact) mass is 303 g/mol. The number of hydrogen-bond donors (Lipinski definition) is 1. The lowest BCUT2D eigenvalue weighted by atomic mass is 10.0. The van der Waals surface area contributed by atoms with E-state index in [2.05, 4.69) is 5.32 Å². The van der Waals surface area contributed by atoms with Gasteiger partial charge in [-0.15, -0.1) is 23.2 Å². The number of alkyl halides is 2. The Labute approximate surface area is 111 Å². The molecular weight excluding hydrogens is 289 g/mol. The van der Waals surface area contributed by atoms with Gasteiger partial charge in [-0.3, -0.25) is 0 Å². The molecule has 0 radical (unpaired) electrons. The van der Waals surface area contributed by atoms with E-state index in [-0.39, 0.29) is 24.0 Å². The topological polar surface area (TPSA) is 72.5 Å². The molecule has 5 nitrogen and oxygen atoms in total. The van der Waals surface area contributed by atoms with Crippen LogP contribution in [0.5, 0.6) is 0 Å². The maximum absolute atomic E-state index is 11.4. The second-order valence-electron chi connectivity index (χ2n) is 4.38. The average molecular weight is 304 g/mol. The number of sulfone groups is 1. The van der Waals surface area contributed by atoms with Gasteiger partial charge in [0.1, 0.15) is 6.61 Å². The van der Waals surface area contributed by atoms with Crippen LogP contribution in [-0.2, 0) is 14.6 Å². The van der Waals surface area contributed by atoms with E-state index in [9.17, 15) is 13.2 Å². The van der Waals surface area contributed by atoms with Crippen LogP contribution in [0.3, 0.4) is 0 Å². The van der Waals surface area contributed by atoms with Crippen molar-refractivity contribution in [1.82, 2.24) is 5.32 Å². The lowest BCUT2D eigenvalue weighted by Crippen LogP contribution is -2.47. The maximum Gasteiger partial charge on any atom is 0.407 e. The molecule has 8 heteroatoms. The third-order valence-corrected chi connectivity index (χ3v) is 5.18. The van der Waals surface area contributed by atoms with Crippen LogP contribution >= 0.6 is 23.2 Å². The SMILES string of the molecule is C[C@]1(NC(=O)OC[C@@H](Cl)CCl)CCS(=O)(=O)C1. The highest BCUT2D eigenvalue weighted by Gasteiger charge is 2.39. The molecule has 100 valence electrons. The Balaban J connectivity index is 2.41. The summed E-state index contributed by atoms with van der Waals surface area (Å²) >= 11 is 11.1. The zero-order chi connectivity index (χ0) is 13.1. The average Bonchev–Trinajstić information content (AvgIpc) is 2.49. The summed E-state index contributed by atoms with van der Waals surface area (Å²) in [6.45, 7) is 1.68. The van der Waals surface area contributed by atoms with Gasteiger partial charge < -0.3 is 10.1 Å². The third-order valence-electron chi connectivity index (χ3n) is 2.47. The number of hydrogen-bond acceptors (Lipinski definition) is 4. The fourth-order valence-corrected chi connectivity index (χ4v) is 3.85. The molecule has 1 N–H and O–H groups in total. The highest BCUT2D eigenvalue weighted by molar-refractivity contribution is 7.91. The second-order valence-corrected chi connectivity index (χ2v) is 7.49. The zero-order valence-electron chi connectivity index (χ0n) is 9.41. The van der Waals surface area contributed by atoms with Gasteiger partial charge in [0.2, 0.25) is 0 Å². The van der Waals surface area contributed by atoms with Crippen LogP contribution < -0.4 is 5.32 Å². The molecule has 0 unspecified atom stereocenters. The summed E-state index contributed by atoms with van der Waals surface area (Å²) < 4.78 is 27.4. The molecule has 1 aliphatic rings. The first-order valence-corrected chi connectivity index (χ1v) is 7.91. The fraction of sp³-hybridized carbons (Fsp3) is 0.889. The van der Waals surface area contributed by atoms with Gasteiger partial charge in [0.05, 0.1) is 22.4 Å². The number of halogens is 2. The van der Waals surface area contributed by atoms with Crippen molar-refractivity contribution in [2.75, 3.05) is 24.0 Å². The molecule has 0 aliphatic carbocycles. The first kappa shape index (κ1) is 14.9. The quantitative estimate of drug-likeness (QED) is 0.790. The summed E-state index contributed by atoms with van der Waals surface area (Å²) in [6.07, 6.45) is -0.273. The van der Waals surface area contributed by atoms with Gasteiger partial charge in [-0.1, -0.05) is 0 Å². The van der Waals surface area contributed by atoms with Crippen molar-refractivity contribution in [3.8, 4) is 0 Å².